The second-order valence-corrected chi connectivity index (χ2v) is 5.01. The number of hydrogen-bond donors (Lipinski definition) is 0. The van der Waals surface area contributed by atoms with E-state index < -0.39 is 0 Å². The molecule has 0 aliphatic heterocycles. The van der Waals surface area contributed by atoms with Gasteiger partial charge < -0.3 is 9.47 Å². The SMILES string of the molecule is COc1cc(C#N)ccc1OCc1nc2ccccc2nc1C. The molecule has 2 aromatic carbocycles. The van der Waals surface area contributed by atoms with Crippen LogP contribution in [0.25, 0.3) is 11.0 Å². The summed E-state index contributed by atoms with van der Waals surface area (Å²) in [6.45, 7) is 2.19. The molecule has 0 amide bonds. The molecule has 3 aromatic rings. The van der Waals surface area contributed by atoms with Crippen molar-refractivity contribution in [2.24, 2.45) is 0 Å². The third-order valence-electron chi connectivity index (χ3n) is 3.50. The molecular formula is C18H15N3O2. The first-order chi connectivity index (χ1) is 11.2. The Balaban J connectivity index is 1.86. The quantitative estimate of drug-likeness (QED) is 0.739. The van der Waals surface area contributed by atoms with E-state index in [1.165, 1.54) is 0 Å². The number of rotatable bonds is 4. The van der Waals surface area contributed by atoms with Crippen LogP contribution < -0.4 is 9.47 Å². The Labute approximate surface area is 134 Å². The second-order valence-electron chi connectivity index (χ2n) is 5.01. The maximum Gasteiger partial charge on any atom is 0.162 e. The summed E-state index contributed by atoms with van der Waals surface area (Å²) in [6.07, 6.45) is 0. The fraction of sp³-hybridized carbons (Fsp3) is 0.167. The number of para-hydroxylation sites is 2. The van der Waals surface area contributed by atoms with Crippen LogP contribution in [0.5, 0.6) is 11.5 Å². The molecular weight excluding hydrogens is 290 g/mol. The molecule has 0 radical (unpaired) electrons. The predicted molar refractivity (Wildman–Crippen MR) is 86.3 cm³/mol. The van der Waals surface area contributed by atoms with Crippen LogP contribution in [0.2, 0.25) is 0 Å². The smallest absolute Gasteiger partial charge is 0.162 e. The zero-order chi connectivity index (χ0) is 16.2. The van der Waals surface area contributed by atoms with E-state index in [0.29, 0.717) is 17.1 Å². The molecule has 1 aromatic heterocycles. The van der Waals surface area contributed by atoms with Crippen LogP contribution in [0, 0.1) is 18.3 Å². The van der Waals surface area contributed by atoms with E-state index in [4.69, 9.17) is 14.7 Å². The standard InChI is InChI=1S/C18H15N3O2/c1-12-16(21-15-6-4-3-5-14(15)20-12)11-23-17-8-7-13(10-19)9-18(17)22-2/h3-9H,11H2,1-2H3. The molecule has 114 valence electrons. The molecule has 0 atom stereocenters. The summed E-state index contributed by atoms with van der Waals surface area (Å²) in [6, 6.07) is 14.9. The van der Waals surface area contributed by atoms with Crippen LogP contribution in [0.3, 0.4) is 0 Å². The molecule has 0 saturated carbocycles. The zero-order valence-corrected chi connectivity index (χ0v) is 12.9. The van der Waals surface area contributed by atoms with Gasteiger partial charge in [0.1, 0.15) is 6.61 Å². The Morgan fingerprint density at radius 2 is 1.78 bits per heavy atom. The van der Waals surface area contributed by atoms with Crippen molar-refractivity contribution in [3.8, 4) is 17.6 Å². The molecule has 0 bridgehead atoms. The van der Waals surface area contributed by atoms with Crippen LogP contribution in [0.4, 0.5) is 0 Å². The minimum absolute atomic E-state index is 0.284. The number of hydrogen-bond acceptors (Lipinski definition) is 5. The molecule has 0 spiro atoms. The summed E-state index contributed by atoms with van der Waals surface area (Å²) >= 11 is 0. The van der Waals surface area contributed by atoms with Crippen molar-refractivity contribution >= 4 is 11.0 Å². The van der Waals surface area contributed by atoms with Gasteiger partial charge in [-0.15, -0.1) is 0 Å². The summed E-state index contributed by atoms with van der Waals surface area (Å²) in [7, 11) is 1.55. The lowest BCUT2D eigenvalue weighted by Crippen LogP contribution is -2.04. The van der Waals surface area contributed by atoms with Crippen molar-refractivity contribution in [1.82, 2.24) is 9.97 Å². The highest BCUT2D eigenvalue weighted by Crippen LogP contribution is 2.28. The zero-order valence-electron chi connectivity index (χ0n) is 12.9. The Kier molecular flexibility index (Phi) is 4.07. The molecule has 0 aliphatic rings. The number of fused-ring (bicyclic) bond motifs is 1. The first-order valence-corrected chi connectivity index (χ1v) is 7.14. The molecule has 0 N–H and O–H groups in total. The van der Waals surface area contributed by atoms with Gasteiger partial charge in [-0.25, -0.2) is 9.97 Å². The van der Waals surface area contributed by atoms with E-state index in [9.17, 15) is 0 Å². The summed E-state index contributed by atoms with van der Waals surface area (Å²) in [5, 5.41) is 8.93. The van der Waals surface area contributed by atoms with E-state index in [1.54, 1.807) is 25.3 Å². The highest BCUT2D eigenvalue weighted by Gasteiger charge is 2.09. The van der Waals surface area contributed by atoms with Gasteiger partial charge >= 0.3 is 0 Å². The number of nitrogens with zero attached hydrogens (tertiary/aromatic N) is 3. The summed E-state index contributed by atoms with van der Waals surface area (Å²) in [4.78, 5) is 9.14. The van der Waals surface area contributed by atoms with Gasteiger partial charge in [0.2, 0.25) is 0 Å². The molecule has 23 heavy (non-hydrogen) atoms. The van der Waals surface area contributed by atoms with Gasteiger partial charge in [0.25, 0.3) is 0 Å². The van der Waals surface area contributed by atoms with Gasteiger partial charge in [-0.1, -0.05) is 12.1 Å². The predicted octanol–water partition coefficient (Wildman–Crippen LogP) is 3.40. The molecule has 1 heterocycles. The highest BCUT2D eigenvalue weighted by molar-refractivity contribution is 5.74. The molecule has 0 unspecified atom stereocenters. The average Bonchev–Trinajstić information content (AvgIpc) is 2.59. The fourth-order valence-corrected chi connectivity index (χ4v) is 2.26. The third kappa shape index (κ3) is 3.06. The van der Waals surface area contributed by atoms with Crippen molar-refractivity contribution in [1.29, 1.82) is 5.26 Å². The Morgan fingerprint density at radius 1 is 1.04 bits per heavy atom. The molecule has 5 heteroatoms. The van der Waals surface area contributed by atoms with E-state index in [-0.39, 0.29) is 6.61 Å². The van der Waals surface area contributed by atoms with Crippen LogP contribution >= 0.6 is 0 Å². The van der Waals surface area contributed by atoms with Crippen molar-refractivity contribution in [3.05, 3.63) is 59.4 Å². The van der Waals surface area contributed by atoms with Crippen LogP contribution in [-0.2, 0) is 6.61 Å². The van der Waals surface area contributed by atoms with Gasteiger partial charge in [0.05, 0.1) is 41.2 Å². The van der Waals surface area contributed by atoms with Gasteiger partial charge in [-0.2, -0.15) is 5.26 Å². The highest BCUT2D eigenvalue weighted by atomic mass is 16.5. The van der Waals surface area contributed by atoms with Crippen molar-refractivity contribution < 1.29 is 9.47 Å². The Hall–Kier alpha value is -3.13. The monoisotopic (exact) mass is 305 g/mol. The number of methoxy groups -OCH3 is 1. The molecule has 0 aliphatic carbocycles. The van der Waals surface area contributed by atoms with Crippen LogP contribution in [0.15, 0.2) is 42.5 Å². The number of benzene rings is 2. The van der Waals surface area contributed by atoms with Crippen molar-refractivity contribution in [3.63, 3.8) is 0 Å². The first kappa shape index (κ1) is 14.8. The second kappa shape index (κ2) is 6.32. The van der Waals surface area contributed by atoms with Crippen molar-refractivity contribution in [2.75, 3.05) is 7.11 Å². The molecule has 0 saturated heterocycles. The van der Waals surface area contributed by atoms with Crippen LogP contribution in [0.1, 0.15) is 17.0 Å². The number of aromatic nitrogens is 2. The summed E-state index contributed by atoms with van der Waals surface area (Å²) < 4.78 is 11.1. The number of nitriles is 1. The molecule has 5 nitrogen and oxygen atoms in total. The summed E-state index contributed by atoms with van der Waals surface area (Å²) in [5.74, 6) is 1.09. The Morgan fingerprint density at radius 3 is 2.48 bits per heavy atom. The van der Waals surface area contributed by atoms with Gasteiger partial charge in [-0.05, 0) is 31.2 Å². The maximum absolute atomic E-state index is 8.93. The van der Waals surface area contributed by atoms with Crippen LogP contribution in [-0.4, -0.2) is 17.1 Å². The third-order valence-corrected chi connectivity index (χ3v) is 3.50. The fourth-order valence-electron chi connectivity index (χ4n) is 2.26. The number of ether oxygens (including phenoxy) is 2. The van der Waals surface area contributed by atoms with E-state index in [2.05, 4.69) is 16.0 Å². The lowest BCUT2D eigenvalue weighted by molar-refractivity contribution is 0.280. The lowest BCUT2D eigenvalue weighted by Gasteiger charge is -2.12. The van der Waals surface area contributed by atoms with E-state index in [1.807, 2.05) is 31.2 Å². The lowest BCUT2D eigenvalue weighted by atomic mass is 10.2. The average molecular weight is 305 g/mol. The summed E-state index contributed by atoms with van der Waals surface area (Å²) in [5.41, 5.74) is 3.83. The molecule has 3 rings (SSSR count). The van der Waals surface area contributed by atoms with Gasteiger partial charge in [0.15, 0.2) is 11.5 Å². The van der Waals surface area contributed by atoms with Crippen molar-refractivity contribution in [2.45, 2.75) is 13.5 Å². The normalized spacial score (nSPS) is 10.3. The van der Waals surface area contributed by atoms with E-state index in [0.717, 1.165) is 22.4 Å². The number of aryl methyl sites for hydroxylation is 1. The minimum Gasteiger partial charge on any atom is -0.493 e. The van der Waals surface area contributed by atoms with Gasteiger partial charge in [-0.3, -0.25) is 0 Å². The first-order valence-electron chi connectivity index (χ1n) is 7.14. The van der Waals surface area contributed by atoms with Gasteiger partial charge in [0, 0.05) is 6.07 Å². The largest absolute Gasteiger partial charge is 0.493 e. The van der Waals surface area contributed by atoms with E-state index >= 15 is 0 Å². The topological polar surface area (TPSA) is 68.0 Å². The maximum atomic E-state index is 8.93. The molecule has 0 fully saturated rings. The minimum atomic E-state index is 0.284. The Bertz CT molecular complexity index is 900.